The Morgan fingerprint density at radius 2 is 1.96 bits per heavy atom. The number of nitrogens with zero attached hydrogens (tertiary/aromatic N) is 3. The molecule has 0 spiro atoms. The molecule has 1 N–H and O–H groups in total. The first-order chi connectivity index (χ1) is 11.1. The molecule has 0 bridgehead atoms. The lowest BCUT2D eigenvalue weighted by atomic mass is 9.98. The van der Waals surface area contributed by atoms with E-state index in [1.807, 2.05) is 12.3 Å². The largest absolute Gasteiger partial charge is 0.378 e. The Labute approximate surface area is 137 Å². The molecule has 2 aromatic rings. The molecule has 0 unspecified atom stereocenters. The fourth-order valence-electron chi connectivity index (χ4n) is 2.83. The minimum Gasteiger partial charge on any atom is -0.378 e. The summed E-state index contributed by atoms with van der Waals surface area (Å²) in [5.74, 6) is 2.04. The van der Waals surface area contributed by atoms with E-state index < -0.39 is 0 Å². The second-order valence-corrected chi connectivity index (χ2v) is 6.16. The van der Waals surface area contributed by atoms with E-state index in [1.54, 1.807) is 0 Å². The number of ether oxygens (including phenoxy) is 1. The van der Waals surface area contributed by atoms with Gasteiger partial charge in [-0.05, 0) is 30.0 Å². The third kappa shape index (κ3) is 3.62. The van der Waals surface area contributed by atoms with Crippen LogP contribution < -0.4 is 10.2 Å². The van der Waals surface area contributed by atoms with Crippen molar-refractivity contribution in [3.8, 4) is 0 Å². The molecule has 1 aliphatic rings. The molecule has 1 aromatic heterocycles. The number of anilines is 3. The van der Waals surface area contributed by atoms with Crippen molar-refractivity contribution < 1.29 is 4.74 Å². The van der Waals surface area contributed by atoms with Crippen LogP contribution in [0.25, 0.3) is 0 Å². The molecule has 3 rings (SSSR count). The lowest BCUT2D eigenvalue weighted by Gasteiger charge is -2.28. The number of aryl methyl sites for hydroxylation is 1. The van der Waals surface area contributed by atoms with E-state index in [1.165, 1.54) is 11.1 Å². The zero-order valence-corrected chi connectivity index (χ0v) is 14.0. The fraction of sp³-hybridized carbons (Fsp3) is 0.444. The summed E-state index contributed by atoms with van der Waals surface area (Å²) < 4.78 is 5.40. The third-order valence-electron chi connectivity index (χ3n) is 4.14. The van der Waals surface area contributed by atoms with E-state index in [4.69, 9.17) is 4.74 Å². The van der Waals surface area contributed by atoms with Crippen LogP contribution in [0.15, 0.2) is 30.5 Å². The molecule has 2 heterocycles. The molecule has 23 heavy (non-hydrogen) atoms. The lowest BCUT2D eigenvalue weighted by molar-refractivity contribution is 0.122. The van der Waals surface area contributed by atoms with Crippen LogP contribution in [-0.4, -0.2) is 36.3 Å². The van der Waals surface area contributed by atoms with Gasteiger partial charge in [0.25, 0.3) is 0 Å². The van der Waals surface area contributed by atoms with Crippen LogP contribution in [0.5, 0.6) is 0 Å². The molecule has 0 saturated carbocycles. The van der Waals surface area contributed by atoms with Crippen LogP contribution in [0.1, 0.15) is 30.9 Å². The van der Waals surface area contributed by atoms with Gasteiger partial charge in [-0.1, -0.05) is 32.0 Å². The van der Waals surface area contributed by atoms with Crippen LogP contribution in [0.3, 0.4) is 0 Å². The van der Waals surface area contributed by atoms with E-state index in [0.29, 0.717) is 11.9 Å². The topological polar surface area (TPSA) is 50.3 Å². The van der Waals surface area contributed by atoms with Crippen LogP contribution in [0.2, 0.25) is 0 Å². The molecule has 1 aromatic carbocycles. The lowest BCUT2D eigenvalue weighted by Crippen LogP contribution is -2.36. The van der Waals surface area contributed by atoms with Crippen LogP contribution >= 0.6 is 0 Å². The van der Waals surface area contributed by atoms with Crippen LogP contribution in [0.4, 0.5) is 17.5 Å². The zero-order chi connectivity index (χ0) is 16.2. The molecule has 1 aliphatic heterocycles. The highest BCUT2D eigenvalue weighted by molar-refractivity contribution is 5.64. The molecular formula is C18H24N4O. The molecule has 0 amide bonds. The summed E-state index contributed by atoms with van der Waals surface area (Å²) in [6.45, 7) is 9.76. The first-order valence-corrected chi connectivity index (χ1v) is 8.17. The molecule has 0 atom stereocenters. The summed E-state index contributed by atoms with van der Waals surface area (Å²) in [5.41, 5.74) is 3.60. The van der Waals surface area contributed by atoms with Crippen LogP contribution in [0, 0.1) is 6.92 Å². The first-order valence-electron chi connectivity index (χ1n) is 8.17. The number of hydrogen-bond donors (Lipinski definition) is 1. The van der Waals surface area contributed by atoms with Crippen molar-refractivity contribution in [1.82, 2.24) is 9.97 Å². The number of benzene rings is 1. The molecule has 5 heteroatoms. The standard InChI is InChI=1S/C18H24N4O/c1-13(2)15-6-4-5-14(3)17(15)21-18-19-8-7-16(20-18)22-9-11-23-12-10-22/h4-8,13H,9-12H2,1-3H3,(H,19,20,21). The smallest absolute Gasteiger partial charge is 0.229 e. The van der Waals surface area contributed by atoms with Gasteiger partial charge in [0.05, 0.1) is 13.2 Å². The number of rotatable bonds is 4. The maximum atomic E-state index is 5.40. The van der Waals surface area contributed by atoms with Gasteiger partial charge in [-0.2, -0.15) is 4.98 Å². The molecule has 1 saturated heterocycles. The van der Waals surface area contributed by atoms with E-state index in [2.05, 4.69) is 59.2 Å². The molecule has 0 aliphatic carbocycles. The van der Waals surface area contributed by atoms with Gasteiger partial charge in [0.1, 0.15) is 5.82 Å². The van der Waals surface area contributed by atoms with Crippen molar-refractivity contribution in [2.75, 3.05) is 36.5 Å². The summed E-state index contributed by atoms with van der Waals surface area (Å²) in [7, 11) is 0. The van der Waals surface area contributed by atoms with Crippen LogP contribution in [-0.2, 0) is 4.74 Å². The monoisotopic (exact) mass is 312 g/mol. The Bertz CT molecular complexity index is 666. The van der Waals surface area contributed by atoms with Crippen molar-refractivity contribution in [2.24, 2.45) is 0 Å². The van der Waals surface area contributed by atoms with E-state index in [0.717, 1.165) is 37.8 Å². The highest BCUT2D eigenvalue weighted by Crippen LogP contribution is 2.29. The summed E-state index contributed by atoms with van der Waals surface area (Å²) in [6.07, 6.45) is 1.81. The number of nitrogens with one attached hydrogen (secondary N) is 1. The predicted octanol–water partition coefficient (Wildman–Crippen LogP) is 3.49. The first kappa shape index (κ1) is 15.7. The van der Waals surface area contributed by atoms with Gasteiger partial charge in [-0.15, -0.1) is 0 Å². The average molecular weight is 312 g/mol. The van der Waals surface area contributed by atoms with Crippen molar-refractivity contribution in [2.45, 2.75) is 26.7 Å². The number of hydrogen-bond acceptors (Lipinski definition) is 5. The maximum Gasteiger partial charge on any atom is 0.229 e. The van der Waals surface area contributed by atoms with Gasteiger partial charge in [0.2, 0.25) is 5.95 Å². The molecule has 1 fully saturated rings. The second kappa shape index (κ2) is 6.96. The van der Waals surface area contributed by atoms with Gasteiger partial charge in [0, 0.05) is 25.0 Å². The Hall–Kier alpha value is -2.14. The number of morpholine rings is 1. The quantitative estimate of drug-likeness (QED) is 0.936. The third-order valence-corrected chi connectivity index (χ3v) is 4.14. The second-order valence-electron chi connectivity index (χ2n) is 6.16. The van der Waals surface area contributed by atoms with Gasteiger partial charge < -0.3 is 15.0 Å². The van der Waals surface area contributed by atoms with Gasteiger partial charge in [-0.3, -0.25) is 0 Å². The van der Waals surface area contributed by atoms with Gasteiger partial charge >= 0.3 is 0 Å². The number of aromatic nitrogens is 2. The summed E-state index contributed by atoms with van der Waals surface area (Å²) in [6, 6.07) is 8.32. The fourth-order valence-corrected chi connectivity index (χ4v) is 2.83. The normalized spacial score (nSPS) is 15.0. The van der Waals surface area contributed by atoms with Gasteiger partial charge in [-0.25, -0.2) is 4.98 Å². The van der Waals surface area contributed by atoms with E-state index in [-0.39, 0.29) is 0 Å². The molecule has 122 valence electrons. The van der Waals surface area contributed by atoms with Crippen molar-refractivity contribution in [3.63, 3.8) is 0 Å². The average Bonchev–Trinajstić information content (AvgIpc) is 2.57. The van der Waals surface area contributed by atoms with Crippen molar-refractivity contribution >= 4 is 17.5 Å². The van der Waals surface area contributed by atoms with Crippen molar-refractivity contribution in [1.29, 1.82) is 0 Å². The molecule has 5 nitrogen and oxygen atoms in total. The number of para-hydroxylation sites is 1. The van der Waals surface area contributed by atoms with Crippen molar-refractivity contribution in [3.05, 3.63) is 41.6 Å². The van der Waals surface area contributed by atoms with E-state index in [9.17, 15) is 0 Å². The SMILES string of the molecule is Cc1cccc(C(C)C)c1Nc1nccc(N2CCOCC2)n1. The summed E-state index contributed by atoms with van der Waals surface area (Å²) in [5, 5.41) is 3.42. The maximum absolute atomic E-state index is 5.40. The zero-order valence-electron chi connectivity index (χ0n) is 14.0. The predicted molar refractivity (Wildman–Crippen MR) is 93.6 cm³/mol. The van der Waals surface area contributed by atoms with Gasteiger partial charge in [0.15, 0.2) is 0 Å². The highest BCUT2D eigenvalue weighted by atomic mass is 16.5. The summed E-state index contributed by atoms with van der Waals surface area (Å²) >= 11 is 0. The van der Waals surface area contributed by atoms with E-state index >= 15 is 0 Å². The highest BCUT2D eigenvalue weighted by Gasteiger charge is 2.14. The Balaban J connectivity index is 1.86. The minimum absolute atomic E-state index is 0.444. The minimum atomic E-state index is 0.444. The molecule has 0 radical (unpaired) electrons. The Morgan fingerprint density at radius 1 is 1.17 bits per heavy atom. The molecular weight excluding hydrogens is 288 g/mol. The Morgan fingerprint density at radius 3 is 2.70 bits per heavy atom. The Kier molecular flexibility index (Phi) is 4.76. The summed E-state index contributed by atoms with van der Waals surface area (Å²) in [4.78, 5) is 11.3.